The number of rotatable bonds is 6. The number of ether oxygens (including phenoxy) is 1. The molecule has 1 heterocycles. The van der Waals surface area contributed by atoms with Gasteiger partial charge in [0.1, 0.15) is 5.75 Å². The molecule has 2 N–H and O–H groups in total. The van der Waals surface area contributed by atoms with Crippen molar-refractivity contribution in [2.24, 2.45) is 0 Å². The van der Waals surface area contributed by atoms with E-state index in [9.17, 15) is 40.3 Å². The van der Waals surface area contributed by atoms with E-state index in [4.69, 9.17) is 9.15 Å². The highest BCUT2D eigenvalue weighted by molar-refractivity contribution is 9.10. The Morgan fingerprint density at radius 1 is 0.842 bits per heavy atom. The third-order valence-corrected chi connectivity index (χ3v) is 5.84. The summed E-state index contributed by atoms with van der Waals surface area (Å²) in [4.78, 5) is 25.3. The number of benzene rings is 2. The summed E-state index contributed by atoms with van der Waals surface area (Å²) >= 11 is 3.07. The Hall–Kier alpha value is -3.55. The van der Waals surface area contributed by atoms with Crippen LogP contribution < -0.4 is 15.4 Å². The lowest BCUT2D eigenvalue weighted by Crippen LogP contribution is -2.50. The van der Waals surface area contributed by atoms with Gasteiger partial charge in [0.25, 0.3) is 11.8 Å². The van der Waals surface area contributed by atoms with E-state index in [1.807, 2.05) is 0 Å². The van der Waals surface area contributed by atoms with E-state index < -0.39 is 35.4 Å². The molecule has 2 amide bonds. The minimum Gasteiger partial charge on any atom is -0.497 e. The van der Waals surface area contributed by atoms with Crippen molar-refractivity contribution >= 4 is 39.1 Å². The molecule has 0 bridgehead atoms. The summed E-state index contributed by atoms with van der Waals surface area (Å²) in [5, 5.41) is 4.91. The smallest absolute Gasteiger partial charge is 0.435 e. The molecule has 0 aliphatic rings. The summed E-state index contributed by atoms with van der Waals surface area (Å²) in [5.41, 5.74) is -7.85. The van der Waals surface area contributed by atoms with E-state index in [0.717, 1.165) is 13.8 Å². The number of carbonyl (C=O) groups is 2. The first-order valence-corrected chi connectivity index (χ1v) is 11.3. The van der Waals surface area contributed by atoms with Gasteiger partial charge in [-0.3, -0.25) is 9.59 Å². The van der Waals surface area contributed by atoms with Crippen molar-refractivity contribution in [1.29, 1.82) is 0 Å². The second-order valence-corrected chi connectivity index (χ2v) is 8.88. The van der Waals surface area contributed by atoms with Crippen LogP contribution in [0.1, 0.15) is 37.6 Å². The van der Waals surface area contributed by atoms with Gasteiger partial charge in [-0.05, 0) is 65.2 Å². The molecule has 0 saturated heterocycles. The van der Waals surface area contributed by atoms with E-state index >= 15 is 0 Å². The number of hydrogen-bond donors (Lipinski definition) is 2. The van der Waals surface area contributed by atoms with Crippen molar-refractivity contribution in [2.75, 3.05) is 17.7 Å². The lowest BCUT2D eigenvalue weighted by atomic mass is 9.90. The maximum atomic E-state index is 14.5. The Kier molecular flexibility index (Phi) is 7.87. The number of halogens is 8. The number of methoxy groups -OCH3 is 1. The Labute approximate surface area is 219 Å². The van der Waals surface area contributed by atoms with Gasteiger partial charge in [0.15, 0.2) is 10.4 Å². The molecule has 0 radical (unpaired) electrons. The molecule has 1 aromatic heterocycles. The Morgan fingerprint density at radius 3 is 1.89 bits per heavy atom. The van der Waals surface area contributed by atoms with Crippen LogP contribution in [-0.2, 0) is 5.67 Å². The summed E-state index contributed by atoms with van der Waals surface area (Å²) in [5.74, 6) is -1.38. The predicted octanol–water partition coefficient (Wildman–Crippen LogP) is 7.46. The van der Waals surface area contributed by atoms with Crippen molar-refractivity contribution in [3.8, 4) is 5.75 Å². The van der Waals surface area contributed by atoms with Gasteiger partial charge < -0.3 is 19.8 Å². The number of hydrogen-bond acceptors (Lipinski definition) is 4. The third-order valence-electron chi connectivity index (χ3n) is 5.41. The number of nitrogens with one attached hydrogen (secondary N) is 2. The highest BCUT2D eigenvalue weighted by Gasteiger charge is 2.73. The molecule has 0 fully saturated rings. The Morgan fingerprint density at radius 2 is 1.42 bits per heavy atom. The fourth-order valence-corrected chi connectivity index (χ4v) is 3.89. The first-order valence-electron chi connectivity index (χ1n) is 10.5. The largest absolute Gasteiger partial charge is 0.497 e. The molecular weight excluding hydrogens is 593 g/mol. The highest BCUT2D eigenvalue weighted by Crippen LogP contribution is 2.53. The molecule has 38 heavy (non-hydrogen) atoms. The molecule has 204 valence electrons. The second kappa shape index (κ2) is 10.3. The number of anilines is 2. The summed E-state index contributed by atoms with van der Waals surface area (Å²) < 4.78 is 104. The number of aryl methyl sites for hydroxylation is 2. The highest BCUT2D eigenvalue weighted by atomic mass is 79.9. The van der Waals surface area contributed by atoms with Crippen molar-refractivity contribution in [1.82, 2.24) is 0 Å². The van der Waals surface area contributed by atoms with Crippen LogP contribution in [0.2, 0.25) is 0 Å². The lowest BCUT2D eigenvalue weighted by molar-refractivity contribution is -0.348. The van der Waals surface area contributed by atoms with E-state index in [1.165, 1.54) is 37.4 Å². The summed E-state index contributed by atoms with van der Waals surface area (Å²) in [6.07, 6.45) is -12.6. The van der Waals surface area contributed by atoms with Gasteiger partial charge >= 0.3 is 18.0 Å². The normalized spacial score (nSPS) is 12.3. The zero-order chi connectivity index (χ0) is 28.6. The maximum absolute atomic E-state index is 14.5. The molecular formula is C24H18BrF7N2O4. The number of amides is 2. The first-order chi connectivity index (χ1) is 17.5. The molecule has 0 aliphatic heterocycles. The standard InChI is InChI=1S/C24H18BrF7N2O4/c1-11-6-14(22(26,23(27,28)29)24(30,31)32)7-12(2)19(11)34-20(35)13-8-15(10-16(9-13)37-3)33-21(36)17-4-5-18(25)38-17/h4-10H,1-3H3,(H,33,36)(H,34,35). The second-order valence-electron chi connectivity index (χ2n) is 8.10. The van der Waals surface area contributed by atoms with Crippen molar-refractivity contribution in [3.05, 3.63) is 75.1 Å². The number of alkyl halides is 7. The molecule has 0 aliphatic carbocycles. The molecule has 3 aromatic rings. The average molecular weight is 611 g/mol. The van der Waals surface area contributed by atoms with Gasteiger partial charge in [0, 0.05) is 28.6 Å². The van der Waals surface area contributed by atoms with Crippen LogP contribution in [0.5, 0.6) is 5.75 Å². The number of carbonyl (C=O) groups excluding carboxylic acids is 2. The van der Waals surface area contributed by atoms with E-state index in [1.54, 1.807) is 0 Å². The molecule has 6 nitrogen and oxygen atoms in total. The summed E-state index contributed by atoms with van der Waals surface area (Å²) in [6, 6.07) is 7.58. The van der Waals surface area contributed by atoms with Crippen molar-refractivity contribution in [3.63, 3.8) is 0 Å². The van der Waals surface area contributed by atoms with Crippen LogP contribution in [0.3, 0.4) is 0 Å². The molecule has 0 spiro atoms. The van der Waals surface area contributed by atoms with Crippen LogP contribution in [0.15, 0.2) is 51.6 Å². The van der Waals surface area contributed by atoms with Crippen LogP contribution in [0.4, 0.5) is 42.1 Å². The van der Waals surface area contributed by atoms with Crippen LogP contribution in [0, 0.1) is 13.8 Å². The van der Waals surface area contributed by atoms with Gasteiger partial charge in [-0.15, -0.1) is 0 Å². The third kappa shape index (κ3) is 5.64. The Bertz CT molecular complexity index is 1350. The Balaban J connectivity index is 1.93. The minimum absolute atomic E-state index is 0.0429. The van der Waals surface area contributed by atoms with Gasteiger partial charge in [-0.25, -0.2) is 4.39 Å². The fraction of sp³-hybridized carbons (Fsp3) is 0.250. The van der Waals surface area contributed by atoms with E-state index in [-0.39, 0.29) is 39.6 Å². The minimum atomic E-state index is -6.28. The summed E-state index contributed by atoms with van der Waals surface area (Å²) in [6.45, 7) is 2.25. The monoisotopic (exact) mass is 610 g/mol. The molecule has 0 atom stereocenters. The quantitative estimate of drug-likeness (QED) is 0.284. The first kappa shape index (κ1) is 29.0. The molecule has 2 aromatic carbocycles. The van der Waals surface area contributed by atoms with E-state index in [2.05, 4.69) is 26.6 Å². The topological polar surface area (TPSA) is 80.6 Å². The van der Waals surface area contributed by atoms with E-state index in [0.29, 0.717) is 16.8 Å². The number of furan rings is 1. The molecule has 14 heteroatoms. The van der Waals surface area contributed by atoms with Crippen molar-refractivity contribution < 1.29 is 49.5 Å². The fourth-order valence-electron chi connectivity index (χ4n) is 3.58. The molecule has 0 unspecified atom stereocenters. The van der Waals surface area contributed by atoms with Gasteiger partial charge in [-0.1, -0.05) is 12.1 Å². The van der Waals surface area contributed by atoms with Gasteiger partial charge in [-0.2, -0.15) is 26.3 Å². The average Bonchev–Trinajstić information content (AvgIpc) is 3.25. The maximum Gasteiger partial charge on any atom is 0.435 e. The molecule has 3 rings (SSSR count). The van der Waals surface area contributed by atoms with Gasteiger partial charge in [0.05, 0.1) is 7.11 Å². The zero-order valence-electron chi connectivity index (χ0n) is 19.7. The van der Waals surface area contributed by atoms with Crippen molar-refractivity contribution in [2.45, 2.75) is 31.9 Å². The van der Waals surface area contributed by atoms with Crippen LogP contribution in [0.25, 0.3) is 0 Å². The van der Waals surface area contributed by atoms with Crippen LogP contribution in [-0.4, -0.2) is 31.3 Å². The molecule has 0 saturated carbocycles. The predicted molar refractivity (Wildman–Crippen MR) is 126 cm³/mol. The van der Waals surface area contributed by atoms with Crippen LogP contribution >= 0.6 is 15.9 Å². The summed E-state index contributed by atoms with van der Waals surface area (Å²) in [7, 11) is 1.30. The van der Waals surface area contributed by atoms with Gasteiger partial charge in [0.2, 0.25) is 0 Å². The zero-order valence-corrected chi connectivity index (χ0v) is 21.3. The lowest BCUT2D eigenvalue weighted by Gasteiger charge is -2.31. The SMILES string of the molecule is COc1cc(NC(=O)c2ccc(Br)o2)cc(C(=O)Nc2c(C)cc(C(F)(C(F)(F)F)C(F)(F)F)cc2C)c1.